The number of nitrogens with one attached hydrogen (secondary N) is 2. The van der Waals surface area contributed by atoms with Crippen LogP contribution in [0.25, 0.3) is 0 Å². The molecule has 0 aliphatic carbocycles. The van der Waals surface area contributed by atoms with Gasteiger partial charge in [0.25, 0.3) is 0 Å². The van der Waals surface area contributed by atoms with E-state index < -0.39 is 12.6 Å². The smallest absolute Gasteiger partial charge is 0.389 e. The van der Waals surface area contributed by atoms with Crippen LogP contribution in [0.4, 0.5) is 13.2 Å². The first-order chi connectivity index (χ1) is 10.4. The lowest BCUT2D eigenvalue weighted by atomic mass is 10.2. The van der Waals surface area contributed by atoms with Crippen molar-refractivity contribution in [2.24, 2.45) is 4.99 Å². The van der Waals surface area contributed by atoms with Crippen LogP contribution < -0.4 is 15.4 Å². The summed E-state index contributed by atoms with van der Waals surface area (Å²) in [7, 11) is 3.23. The third-order valence-corrected chi connectivity index (χ3v) is 3.00. The van der Waals surface area contributed by atoms with Crippen molar-refractivity contribution in [3.63, 3.8) is 0 Å². The largest absolute Gasteiger partial charge is 0.497 e. The molecule has 0 atom stereocenters. The molecule has 0 aliphatic heterocycles. The summed E-state index contributed by atoms with van der Waals surface area (Å²) in [5.74, 6) is 1.34. The molecule has 1 aromatic carbocycles. The molecule has 124 valence electrons. The lowest BCUT2D eigenvalue weighted by Gasteiger charge is -2.12. The van der Waals surface area contributed by atoms with E-state index in [-0.39, 0.29) is 6.42 Å². The molecule has 0 fully saturated rings. The maximum Gasteiger partial charge on any atom is 0.389 e. The summed E-state index contributed by atoms with van der Waals surface area (Å²) >= 11 is 0. The molecule has 0 bridgehead atoms. The van der Waals surface area contributed by atoms with Gasteiger partial charge in [0, 0.05) is 26.6 Å². The number of hydrogen-bond acceptors (Lipinski definition) is 2. The van der Waals surface area contributed by atoms with Crippen LogP contribution >= 0.6 is 0 Å². The predicted octanol–water partition coefficient (Wildman–Crippen LogP) is 3.09. The number of methoxy groups -OCH3 is 1. The quantitative estimate of drug-likeness (QED) is 0.461. The predicted molar refractivity (Wildman–Crippen MR) is 81.1 cm³/mol. The normalized spacial score (nSPS) is 12.1. The average molecular weight is 317 g/mol. The second-order valence-corrected chi connectivity index (χ2v) is 4.78. The van der Waals surface area contributed by atoms with E-state index in [0.717, 1.165) is 11.3 Å². The van der Waals surface area contributed by atoms with Crippen molar-refractivity contribution in [2.75, 3.05) is 20.7 Å². The lowest BCUT2D eigenvalue weighted by molar-refractivity contribution is -0.135. The van der Waals surface area contributed by atoms with Gasteiger partial charge in [0.1, 0.15) is 5.75 Å². The van der Waals surface area contributed by atoms with Gasteiger partial charge in [-0.15, -0.1) is 0 Å². The molecular formula is C15H22F3N3O. The Hall–Kier alpha value is -1.92. The molecule has 0 saturated carbocycles. The Balaban J connectivity index is 2.28. The third-order valence-electron chi connectivity index (χ3n) is 3.00. The van der Waals surface area contributed by atoms with Crippen LogP contribution in [0.3, 0.4) is 0 Å². The molecule has 0 amide bonds. The second-order valence-electron chi connectivity index (χ2n) is 4.78. The van der Waals surface area contributed by atoms with Crippen molar-refractivity contribution >= 4 is 5.96 Å². The molecule has 4 nitrogen and oxygen atoms in total. The van der Waals surface area contributed by atoms with Crippen LogP contribution in [0.1, 0.15) is 24.8 Å². The first kappa shape index (κ1) is 18.1. The maximum atomic E-state index is 12.0. The number of hydrogen-bond donors (Lipinski definition) is 2. The molecular weight excluding hydrogens is 295 g/mol. The van der Waals surface area contributed by atoms with Gasteiger partial charge >= 0.3 is 6.18 Å². The molecule has 0 unspecified atom stereocenters. The second kappa shape index (κ2) is 9.17. The van der Waals surface area contributed by atoms with E-state index in [2.05, 4.69) is 15.6 Å². The number of rotatable bonds is 7. The summed E-state index contributed by atoms with van der Waals surface area (Å²) in [5.41, 5.74) is 1.03. The monoisotopic (exact) mass is 317 g/mol. The molecule has 0 radical (unpaired) electrons. The number of aliphatic imine (C=N–C) groups is 1. The van der Waals surface area contributed by atoms with Crippen molar-refractivity contribution < 1.29 is 17.9 Å². The minimum Gasteiger partial charge on any atom is -0.497 e. The number of alkyl halides is 3. The molecule has 0 heterocycles. The van der Waals surface area contributed by atoms with Gasteiger partial charge < -0.3 is 15.4 Å². The summed E-state index contributed by atoms with van der Waals surface area (Å²) in [6.07, 6.45) is -4.26. The highest BCUT2D eigenvalue weighted by Crippen LogP contribution is 2.21. The van der Waals surface area contributed by atoms with E-state index >= 15 is 0 Å². The fourth-order valence-corrected chi connectivity index (χ4v) is 1.85. The Morgan fingerprint density at radius 2 is 2.00 bits per heavy atom. The first-order valence-electron chi connectivity index (χ1n) is 7.09. The number of halogens is 3. The molecule has 1 rings (SSSR count). The van der Waals surface area contributed by atoms with Crippen LogP contribution in [-0.2, 0) is 6.54 Å². The summed E-state index contributed by atoms with van der Waals surface area (Å²) in [6.45, 7) is 1.01. The Morgan fingerprint density at radius 1 is 1.23 bits per heavy atom. The number of nitrogens with zero attached hydrogens (tertiary/aromatic N) is 1. The number of benzene rings is 1. The summed E-state index contributed by atoms with van der Waals surface area (Å²) in [5, 5.41) is 6.10. The zero-order valence-corrected chi connectivity index (χ0v) is 12.8. The fourth-order valence-electron chi connectivity index (χ4n) is 1.85. The van der Waals surface area contributed by atoms with Crippen molar-refractivity contribution in [1.82, 2.24) is 10.6 Å². The summed E-state index contributed by atoms with van der Waals surface area (Å²) in [4.78, 5) is 4.03. The van der Waals surface area contributed by atoms with Crippen molar-refractivity contribution in [2.45, 2.75) is 32.0 Å². The van der Waals surface area contributed by atoms with E-state index in [0.29, 0.717) is 25.5 Å². The zero-order chi connectivity index (χ0) is 16.4. The standard InChI is InChI=1S/C15H22F3N3O/c1-19-14(20-9-4-3-8-15(16,17)18)21-11-12-6-5-7-13(10-12)22-2/h5-7,10H,3-4,8-9,11H2,1-2H3,(H2,19,20,21). The van der Waals surface area contributed by atoms with Crippen LogP contribution in [0.2, 0.25) is 0 Å². The summed E-state index contributed by atoms with van der Waals surface area (Å²) < 4.78 is 41.2. The van der Waals surface area contributed by atoms with E-state index in [1.54, 1.807) is 14.2 Å². The minimum absolute atomic E-state index is 0.114. The van der Waals surface area contributed by atoms with E-state index in [9.17, 15) is 13.2 Å². The highest BCUT2D eigenvalue weighted by atomic mass is 19.4. The van der Waals surface area contributed by atoms with Gasteiger partial charge in [-0.25, -0.2) is 0 Å². The number of ether oxygens (including phenoxy) is 1. The van der Waals surface area contributed by atoms with Gasteiger partial charge in [0.15, 0.2) is 5.96 Å². The van der Waals surface area contributed by atoms with Crippen LogP contribution in [0.15, 0.2) is 29.3 Å². The van der Waals surface area contributed by atoms with E-state index in [1.165, 1.54) is 0 Å². The third kappa shape index (κ3) is 7.75. The number of guanidine groups is 1. The van der Waals surface area contributed by atoms with Gasteiger partial charge in [-0.1, -0.05) is 12.1 Å². The van der Waals surface area contributed by atoms with Gasteiger partial charge in [0.2, 0.25) is 0 Å². The van der Waals surface area contributed by atoms with Crippen LogP contribution in [0.5, 0.6) is 5.75 Å². The van der Waals surface area contributed by atoms with Crippen molar-refractivity contribution in [1.29, 1.82) is 0 Å². The van der Waals surface area contributed by atoms with Crippen molar-refractivity contribution in [3.8, 4) is 5.75 Å². The zero-order valence-electron chi connectivity index (χ0n) is 12.8. The molecule has 0 aliphatic rings. The highest BCUT2D eigenvalue weighted by Gasteiger charge is 2.25. The Morgan fingerprint density at radius 3 is 2.64 bits per heavy atom. The maximum absolute atomic E-state index is 12.0. The molecule has 0 aromatic heterocycles. The Labute approximate surface area is 128 Å². The van der Waals surface area contributed by atoms with Crippen LogP contribution in [0, 0.1) is 0 Å². The summed E-state index contributed by atoms with van der Waals surface area (Å²) in [6, 6.07) is 7.61. The fraction of sp³-hybridized carbons (Fsp3) is 0.533. The van der Waals surface area contributed by atoms with Gasteiger partial charge in [-0.05, 0) is 30.5 Å². The molecule has 2 N–H and O–H groups in total. The SMILES string of the molecule is CN=C(NCCCCC(F)(F)F)NCc1cccc(OC)c1. The molecule has 7 heteroatoms. The Bertz CT molecular complexity index is 475. The number of unbranched alkanes of at least 4 members (excludes halogenated alkanes) is 1. The van der Waals surface area contributed by atoms with E-state index in [4.69, 9.17) is 4.74 Å². The van der Waals surface area contributed by atoms with Gasteiger partial charge in [-0.3, -0.25) is 4.99 Å². The topological polar surface area (TPSA) is 45.7 Å². The minimum atomic E-state index is -4.08. The van der Waals surface area contributed by atoms with E-state index in [1.807, 2.05) is 24.3 Å². The first-order valence-corrected chi connectivity index (χ1v) is 7.09. The lowest BCUT2D eigenvalue weighted by Crippen LogP contribution is -2.37. The highest BCUT2D eigenvalue weighted by molar-refractivity contribution is 5.79. The average Bonchev–Trinajstić information content (AvgIpc) is 2.49. The van der Waals surface area contributed by atoms with Crippen LogP contribution in [-0.4, -0.2) is 32.8 Å². The molecule has 1 aromatic rings. The molecule has 22 heavy (non-hydrogen) atoms. The molecule has 0 saturated heterocycles. The van der Waals surface area contributed by atoms with Gasteiger partial charge in [-0.2, -0.15) is 13.2 Å². The van der Waals surface area contributed by atoms with Crippen molar-refractivity contribution in [3.05, 3.63) is 29.8 Å². The van der Waals surface area contributed by atoms with Gasteiger partial charge in [0.05, 0.1) is 7.11 Å². The molecule has 0 spiro atoms. The Kier molecular flexibility index (Phi) is 7.56.